The van der Waals surface area contributed by atoms with Gasteiger partial charge in [0.2, 0.25) is 0 Å². The number of ether oxygens (including phenoxy) is 2. The van der Waals surface area contributed by atoms with Crippen molar-refractivity contribution in [2.75, 3.05) is 25.1 Å². The minimum atomic E-state index is 0.565. The van der Waals surface area contributed by atoms with Crippen LogP contribution in [0.15, 0.2) is 29.6 Å². The molecule has 3 nitrogen and oxygen atoms in total. The number of rotatable bonds is 1. The molecule has 4 heteroatoms. The monoisotopic (exact) mass is 273 g/mol. The molecule has 0 saturated carbocycles. The number of nitrogens with one attached hydrogen (secondary N) is 1. The van der Waals surface area contributed by atoms with Crippen molar-refractivity contribution >= 4 is 17.0 Å². The zero-order valence-corrected chi connectivity index (χ0v) is 11.3. The lowest BCUT2D eigenvalue weighted by atomic mass is 9.92. The Labute approximate surface area is 116 Å². The molecule has 0 saturated heterocycles. The topological polar surface area (TPSA) is 30.5 Å². The summed E-state index contributed by atoms with van der Waals surface area (Å²) < 4.78 is 11.3. The van der Waals surface area contributed by atoms with Crippen molar-refractivity contribution in [2.24, 2.45) is 0 Å². The number of hydrogen-bond acceptors (Lipinski definition) is 4. The molecule has 1 aromatic heterocycles. The van der Waals surface area contributed by atoms with Gasteiger partial charge < -0.3 is 14.8 Å². The van der Waals surface area contributed by atoms with E-state index in [1.807, 2.05) is 11.3 Å². The van der Waals surface area contributed by atoms with Gasteiger partial charge in [0.15, 0.2) is 11.5 Å². The lowest BCUT2D eigenvalue weighted by molar-refractivity contribution is 0.171. The molecule has 0 spiro atoms. The fourth-order valence-corrected chi connectivity index (χ4v) is 3.59. The molecule has 0 aliphatic carbocycles. The Morgan fingerprint density at radius 3 is 2.79 bits per heavy atom. The second-order valence-electron chi connectivity index (χ2n) is 4.95. The van der Waals surface area contributed by atoms with E-state index in [1.165, 1.54) is 16.1 Å². The molecular weight excluding hydrogens is 258 g/mol. The van der Waals surface area contributed by atoms with Crippen molar-refractivity contribution in [2.45, 2.75) is 12.3 Å². The van der Waals surface area contributed by atoms with Crippen LogP contribution >= 0.6 is 11.3 Å². The molecule has 2 aliphatic heterocycles. The second kappa shape index (κ2) is 4.46. The Kier molecular flexibility index (Phi) is 2.62. The van der Waals surface area contributed by atoms with E-state index >= 15 is 0 Å². The predicted molar refractivity (Wildman–Crippen MR) is 76.7 cm³/mol. The molecule has 2 aliphatic rings. The van der Waals surface area contributed by atoms with Gasteiger partial charge in [-0.25, -0.2) is 0 Å². The highest BCUT2D eigenvalue weighted by Gasteiger charge is 2.23. The molecule has 1 aromatic carbocycles. The Morgan fingerprint density at radius 1 is 1.16 bits per heavy atom. The summed E-state index contributed by atoms with van der Waals surface area (Å²) in [6.45, 7) is 2.28. The minimum Gasteiger partial charge on any atom is -0.486 e. The maximum absolute atomic E-state index is 5.67. The summed E-state index contributed by atoms with van der Waals surface area (Å²) >= 11 is 1.84. The third-order valence-corrected chi connectivity index (χ3v) is 4.75. The van der Waals surface area contributed by atoms with E-state index in [0.717, 1.165) is 24.5 Å². The Hall–Kier alpha value is -1.68. The number of hydrogen-bond donors (Lipinski definition) is 1. The van der Waals surface area contributed by atoms with Gasteiger partial charge >= 0.3 is 0 Å². The molecule has 98 valence electrons. The number of benzene rings is 1. The average molecular weight is 273 g/mol. The van der Waals surface area contributed by atoms with E-state index in [-0.39, 0.29) is 0 Å². The first-order valence-electron chi connectivity index (χ1n) is 6.60. The zero-order chi connectivity index (χ0) is 12.7. The highest BCUT2D eigenvalue weighted by molar-refractivity contribution is 7.10. The van der Waals surface area contributed by atoms with Crippen molar-refractivity contribution in [1.29, 1.82) is 0 Å². The average Bonchev–Trinajstić information content (AvgIpc) is 2.98. The van der Waals surface area contributed by atoms with Gasteiger partial charge in [0.25, 0.3) is 0 Å². The van der Waals surface area contributed by atoms with Crippen LogP contribution in [0.3, 0.4) is 0 Å². The van der Waals surface area contributed by atoms with Gasteiger partial charge in [-0.15, -0.1) is 11.3 Å². The molecule has 3 heterocycles. The summed E-state index contributed by atoms with van der Waals surface area (Å²) in [5.41, 5.74) is 2.52. The molecule has 1 atom stereocenters. The molecule has 0 fully saturated rings. The van der Waals surface area contributed by atoms with E-state index in [9.17, 15) is 0 Å². The molecule has 0 amide bonds. The summed E-state index contributed by atoms with van der Waals surface area (Å²) in [5, 5.41) is 5.67. The number of anilines is 1. The smallest absolute Gasteiger partial charge is 0.163 e. The first kappa shape index (κ1) is 11.2. The lowest BCUT2D eigenvalue weighted by Crippen LogP contribution is -2.22. The van der Waals surface area contributed by atoms with Crippen LogP contribution in [0, 0.1) is 0 Å². The van der Waals surface area contributed by atoms with E-state index < -0.39 is 0 Å². The molecule has 19 heavy (non-hydrogen) atoms. The van der Waals surface area contributed by atoms with Crippen LogP contribution in [0.4, 0.5) is 5.69 Å². The Balaban J connectivity index is 1.67. The first-order valence-corrected chi connectivity index (χ1v) is 7.48. The summed E-state index contributed by atoms with van der Waals surface area (Å²) in [6, 6.07) is 8.56. The van der Waals surface area contributed by atoms with E-state index in [4.69, 9.17) is 9.47 Å². The predicted octanol–water partition coefficient (Wildman–Crippen LogP) is 3.27. The quantitative estimate of drug-likeness (QED) is 0.865. The Bertz CT molecular complexity index is 594. The van der Waals surface area contributed by atoms with Crippen molar-refractivity contribution in [3.63, 3.8) is 0 Å². The van der Waals surface area contributed by atoms with Crippen LogP contribution in [0.1, 0.15) is 16.4 Å². The highest BCUT2D eigenvalue weighted by Crippen LogP contribution is 2.40. The van der Waals surface area contributed by atoms with Crippen LogP contribution in [0.25, 0.3) is 0 Å². The lowest BCUT2D eigenvalue weighted by Gasteiger charge is -2.28. The summed E-state index contributed by atoms with van der Waals surface area (Å²) in [6.07, 6.45) is 1.07. The molecule has 1 N–H and O–H groups in total. The standard InChI is InChI=1S/C15H15NO2S/c1-2-15(19-5-1)11-6-10-7-13-14(18-4-3-17-13)8-12(10)16-9-11/h1-2,5,7-8,11,16H,3-4,6,9H2. The van der Waals surface area contributed by atoms with E-state index in [2.05, 4.69) is 35.0 Å². The van der Waals surface area contributed by atoms with E-state index in [1.54, 1.807) is 0 Å². The maximum atomic E-state index is 5.67. The summed E-state index contributed by atoms with van der Waals surface area (Å²) in [4.78, 5) is 1.45. The van der Waals surface area contributed by atoms with Crippen molar-refractivity contribution in [1.82, 2.24) is 0 Å². The number of thiophene rings is 1. The van der Waals surface area contributed by atoms with Crippen molar-refractivity contribution in [3.05, 3.63) is 40.1 Å². The van der Waals surface area contributed by atoms with Gasteiger partial charge in [0.05, 0.1) is 0 Å². The third kappa shape index (κ3) is 1.96. The largest absolute Gasteiger partial charge is 0.486 e. The fourth-order valence-electron chi connectivity index (χ4n) is 2.76. The van der Waals surface area contributed by atoms with Gasteiger partial charge in [-0.2, -0.15) is 0 Å². The van der Waals surface area contributed by atoms with Crippen molar-refractivity contribution in [3.8, 4) is 11.5 Å². The maximum Gasteiger partial charge on any atom is 0.163 e. The van der Waals surface area contributed by atoms with Crippen LogP contribution in [0.5, 0.6) is 11.5 Å². The third-order valence-electron chi connectivity index (χ3n) is 3.72. The zero-order valence-electron chi connectivity index (χ0n) is 10.5. The molecule has 0 bridgehead atoms. The Morgan fingerprint density at radius 2 is 2.00 bits per heavy atom. The van der Waals surface area contributed by atoms with Gasteiger partial charge in [0.1, 0.15) is 13.2 Å². The SMILES string of the molecule is c1csc(C2CNc3cc4c(cc3C2)OCCO4)c1. The fraction of sp³-hybridized carbons (Fsp3) is 0.333. The van der Waals surface area contributed by atoms with Gasteiger partial charge in [0, 0.05) is 29.1 Å². The van der Waals surface area contributed by atoms with Crippen LogP contribution in [-0.2, 0) is 6.42 Å². The minimum absolute atomic E-state index is 0.565. The molecular formula is C15H15NO2S. The van der Waals surface area contributed by atoms with Gasteiger partial charge in [-0.3, -0.25) is 0 Å². The normalized spacial score (nSPS) is 20.5. The van der Waals surface area contributed by atoms with Crippen LogP contribution < -0.4 is 14.8 Å². The highest BCUT2D eigenvalue weighted by atomic mass is 32.1. The van der Waals surface area contributed by atoms with Crippen LogP contribution in [0.2, 0.25) is 0 Å². The van der Waals surface area contributed by atoms with Gasteiger partial charge in [-0.1, -0.05) is 6.07 Å². The van der Waals surface area contributed by atoms with Gasteiger partial charge in [-0.05, 0) is 29.5 Å². The van der Waals surface area contributed by atoms with Crippen molar-refractivity contribution < 1.29 is 9.47 Å². The first-order chi connectivity index (χ1) is 9.40. The molecule has 2 aromatic rings. The molecule has 0 radical (unpaired) electrons. The molecule has 1 unspecified atom stereocenters. The van der Waals surface area contributed by atoms with E-state index in [0.29, 0.717) is 19.1 Å². The van der Waals surface area contributed by atoms with Crippen LogP contribution in [-0.4, -0.2) is 19.8 Å². The summed E-state index contributed by atoms with van der Waals surface area (Å²) in [7, 11) is 0. The second-order valence-corrected chi connectivity index (χ2v) is 5.93. The summed E-state index contributed by atoms with van der Waals surface area (Å²) in [5.74, 6) is 2.32. The molecule has 4 rings (SSSR count). The number of fused-ring (bicyclic) bond motifs is 2.